The molecule has 0 saturated heterocycles. The van der Waals surface area contributed by atoms with Gasteiger partial charge in [-0.05, 0) is 20.8 Å². The molecule has 8 nitrogen and oxygen atoms in total. The number of aromatic nitrogens is 1. The van der Waals surface area contributed by atoms with Crippen molar-refractivity contribution in [3.8, 4) is 5.88 Å². The standard InChI is InChI=1S/C12H16N2O6/c1-12(2,3)20-5-4-19-10-9(14(17)18)6-8(7-13-10)11(15)16/h6-7H,4-5H2,1-3H3,(H,15,16). The minimum absolute atomic E-state index is 0.0809. The van der Waals surface area contributed by atoms with Gasteiger partial charge in [-0.3, -0.25) is 10.1 Å². The fourth-order valence-corrected chi connectivity index (χ4v) is 1.29. The van der Waals surface area contributed by atoms with Crippen molar-refractivity contribution in [3.63, 3.8) is 0 Å². The van der Waals surface area contributed by atoms with Gasteiger partial charge in [0.1, 0.15) is 6.61 Å². The second-order valence-corrected chi connectivity index (χ2v) is 4.92. The van der Waals surface area contributed by atoms with Crippen molar-refractivity contribution in [2.75, 3.05) is 13.2 Å². The number of pyridine rings is 1. The maximum absolute atomic E-state index is 10.8. The van der Waals surface area contributed by atoms with E-state index < -0.39 is 16.6 Å². The Balaban J connectivity index is 2.75. The van der Waals surface area contributed by atoms with Crippen LogP contribution in [0.25, 0.3) is 0 Å². The minimum Gasteiger partial charge on any atom is -0.478 e. The molecule has 0 atom stereocenters. The molecule has 1 aromatic rings. The number of carboxylic acid groups (broad SMARTS) is 1. The molecule has 0 radical (unpaired) electrons. The Morgan fingerprint density at radius 1 is 1.45 bits per heavy atom. The molecule has 1 heterocycles. The highest BCUT2D eigenvalue weighted by molar-refractivity contribution is 5.88. The number of hydrogen-bond donors (Lipinski definition) is 1. The van der Waals surface area contributed by atoms with E-state index in [1.807, 2.05) is 20.8 Å². The molecule has 8 heteroatoms. The summed E-state index contributed by atoms with van der Waals surface area (Å²) in [6.07, 6.45) is 1.01. The van der Waals surface area contributed by atoms with E-state index in [4.69, 9.17) is 14.6 Å². The van der Waals surface area contributed by atoms with E-state index >= 15 is 0 Å². The number of nitro groups is 1. The molecule has 0 fully saturated rings. The Labute approximate surface area is 115 Å². The minimum atomic E-state index is -1.29. The van der Waals surface area contributed by atoms with Crippen LogP contribution in [0.4, 0.5) is 5.69 Å². The van der Waals surface area contributed by atoms with Crippen LogP contribution in [0.1, 0.15) is 31.1 Å². The molecular formula is C12H16N2O6. The number of aromatic carboxylic acids is 1. The summed E-state index contributed by atoms with van der Waals surface area (Å²) in [6, 6.07) is 0.912. The van der Waals surface area contributed by atoms with Gasteiger partial charge in [-0.2, -0.15) is 0 Å². The van der Waals surface area contributed by atoms with Crippen LogP contribution in [0.5, 0.6) is 5.88 Å². The predicted molar refractivity (Wildman–Crippen MR) is 69.1 cm³/mol. The lowest BCUT2D eigenvalue weighted by Gasteiger charge is -2.19. The molecule has 1 N–H and O–H groups in total. The van der Waals surface area contributed by atoms with Gasteiger partial charge in [0, 0.05) is 12.3 Å². The molecule has 0 aliphatic heterocycles. The van der Waals surface area contributed by atoms with E-state index in [1.165, 1.54) is 0 Å². The lowest BCUT2D eigenvalue weighted by molar-refractivity contribution is -0.386. The smallest absolute Gasteiger partial charge is 0.337 e. The second kappa shape index (κ2) is 6.29. The largest absolute Gasteiger partial charge is 0.478 e. The van der Waals surface area contributed by atoms with Gasteiger partial charge in [0.25, 0.3) is 5.88 Å². The molecule has 110 valence electrons. The highest BCUT2D eigenvalue weighted by atomic mass is 16.6. The van der Waals surface area contributed by atoms with E-state index in [-0.39, 0.29) is 30.3 Å². The summed E-state index contributed by atoms with van der Waals surface area (Å²) in [7, 11) is 0. The monoisotopic (exact) mass is 284 g/mol. The van der Waals surface area contributed by atoms with Crippen molar-refractivity contribution in [2.45, 2.75) is 26.4 Å². The molecule has 0 aliphatic rings. The fraction of sp³-hybridized carbons (Fsp3) is 0.500. The zero-order valence-electron chi connectivity index (χ0n) is 11.5. The maximum atomic E-state index is 10.8. The Morgan fingerprint density at radius 2 is 2.10 bits per heavy atom. The molecule has 0 saturated carbocycles. The van der Waals surface area contributed by atoms with Crippen LogP contribution in [-0.2, 0) is 4.74 Å². The molecule has 20 heavy (non-hydrogen) atoms. The van der Waals surface area contributed by atoms with Gasteiger partial charge >= 0.3 is 11.7 Å². The van der Waals surface area contributed by atoms with Gasteiger partial charge < -0.3 is 14.6 Å². The number of nitrogens with zero attached hydrogens (tertiary/aromatic N) is 2. The molecule has 1 rings (SSSR count). The first kappa shape index (κ1) is 15.8. The van der Waals surface area contributed by atoms with E-state index in [1.54, 1.807) is 0 Å². The van der Waals surface area contributed by atoms with Crippen molar-refractivity contribution in [1.29, 1.82) is 0 Å². The Bertz CT molecular complexity index is 509. The number of hydrogen-bond acceptors (Lipinski definition) is 6. The van der Waals surface area contributed by atoms with Gasteiger partial charge in [0.05, 0.1) is 22.7 Å². The average Bonchev–Trinajstić information content (AvgIpc) is 2.33. The van der Waals surface area contributed by atoms with Gasteiger partial charge in [-0.1, -0.05) is 0 Å². The van der Waals surface area contributed by atoms with Gasteiger partial charge in [-0.25, -0.2) is 9.78 Å². The number of carboxylic acids is 1. The topological polar surface area (TPSA) is 112 Å². The first-order valence-corrected chi connectivity index (χ1v) is 5.85. The van der Waals surface area contributed by atoms with Crippen LogP contribution < -0.4 is 4.74 Å². The van der Waals surface area contributed by atoms with Crippen LogP contribution in [-0.4, -0.2) is 39.8 Å². The molecule has 0 spiro atoms. The lowest BCUT2D eigenvalue weighted by atomic mass is 10.2. The van der Waals surface area contributed by atoms with Gasteiger partial charge in [0.15, 0.2) is 0 Å². The molecule has 1 aromatic heterocycles. The third-order valence-corrected chi connectivity index (χ3v) is 2.13. The molecular weight excluding hydrogens is 268 g/mol. The molecule has 0 bridgehead atoms. The van der Waals surface area contributed by atoms with E-state index in [0.29, 0.717) is 0 Å². The average molecular weight is 284 g/mol. The highest BCUT2D eigenvalue weighted by Gasteiger charge is 2.20. The van der Waals surface area contributed by atoms with Crippen molar-refractivity contribution in [1.82, 2.24) is 4.98 Å². The van der Waals surface area contributed by atoms with Crippen LogP contribution in [0.2, 0.25) is 0 Å². The fourth-order valence-electron chi connectivity index (χ4n) is 1.29. The van der Waals surface area contributed by atoms with Crippen molar-refractivity contribution < 1.29 is 24.3 Å². The Morgan fingerprint density at radius 3 is 2.60 bits per heavy atom. The summed E-state index contributed by atoms with van der Waals surface area (Å²) < 4.78 is 10.6. The number of ether oxygens (including phenoxy) is 2. The third kappa shape index (κ3) is 4.81. The normalized spacial score (nSPS) is 11.2. The zero-order valence-corrected chi connectivity index (χ0v) is 11.5. The summed E-state index contributed by atoms with van der Waals surface area (Å²) >= 11 is 0. The van der Waals surface area contributed by atoms with Gasteiger partial charge in [-0.15, -0.1) is 0 Å². The van der Waals surface area contributed by atoms with Crippen LogP contribution >= 0.6 is 0 Å². The SMILES string of the molecule is CC(C)(C)OCCOc1ncc(C(=O)O)cc1[N+](=O)[O-]. The van der Waals surface area contributed by atoms with Crippen LogP contribution in [0.3, 0.4) is 0 Å². The quantitative estimate of drug-likeness (QED) is 0.482. The number of carbonyl (C=O) groups is 1. The highest BCUT2D eigenvalue weighted by Crippen LogP contribution is 2.25. The van der Waals surface area contributed by atoms with Crippen molar-refractivity contribution in [3.05, 3.63) is 27.9 Å². The Kier molecular flexibility index (Phi) is 4.98. The van der Waals surface area contributed by atoms with Crippen molar-refractivity contribution in [2.24, 2.45) is 0 Å². The zero-order chi connectivity index (χ0) is 15.3. The van der Waals surface area contributed by atoms with Crippen molar-refractivity contribution >= 4 is 11.7 Å². The molecule has 0 aromatic carbocycles. The maximum Gasteiger partial charge on any atom is 0.337 e. The summed E-state index contributed by atoms with van der Waals surface area (Å²) in [4.78, 5) is 24.5. The summed E-state index contributed by atoms with van der Waals surface area (Å²) in [5.41, 5.74) is -1.09. The van der Waals surface area contributed by atoms with E-state index in [0.717, 1.165) is 12.3 Å². The predicted octanol–water partition coefficient (Wildman–Crippen LogP) is 1.88. The summed E-state index contributed by atoms with van der Waals surface area (Å²) in [5.74, 6) is -1.51. The van der Waals surface area contributed by atoms with E-state index in [9.17, 15) is 14.9 Å². The Hall–Kier alpha value is -2.22. The summed E-state index contributed by atoms with van der Waals surface area (Å²) in [6.45, 7) is 5.93. The third-order valence-electron chi connectivity index (χ3n) is 2.13. The van der Waals surface area contributed by atoms with Gasteiger partial charge in [0.2, 0.25) is 0 Å². The van der Waals surface area contributed by atoms with Crippen LogP contribution in [0.15, 0.2) is 12.3 Å². The first-order valence-electron chi connectivity index (χ1n) is 5.85. The lowest BCUT2D eigenvalue weighted by Crippen LogP contribution is -2.22. The molecule has 0 unspecified atom stereocenters. The first-order chi connectivity index (χ1) is 9.20. The second-order valence-electron chi connectivity index (χ2n) is 4.92. The summed E-state index contributed by atoms with van der Waals surface area (Å²) in [5, 5.41) is 19.6. The molecule has 0 aliphatic carbocycles. The number of rotatable bonds is 6. The molecule has 0 amide bonds. The van der Waals surface area contributed by atoms with E-state index in [2.05, 4.69) is 4.98 Å². The van der Waals surface area contributed by atoms with Crippen LogP contribution in [0, 0.1) is 10.1 Å².